The molecule has 0 aromatic heterocycles. The fourth-order valence-electron chi connectivity index (χ4n) is 2.18. The third-order valence-corrected chi connectivity index (χ3v) is 4.31. The van der Waals surface area contributed by atoms with Gasteiger partial charge in [0.05, 0.1) is 4.92 Å². The van der Waals surface area contributed by atoms with Crippen LogP contribution in [0, 0.1) is 10.1 Å². The largest absolute Gasteiger partial charge is 0.647 e. The van der Waals surface area contributed by atoms with E-state index in [0.29, 0.717) is 28.4 Å². The van der Waals surface area contributed by atoms with Gasteiger partial charge in [0.1, 0.15) is 0 Å². The standard InChI is InChI=1S/C12H6NO6P/c14-13(15)8-3-1-7(2-4-8)9-5-6-10-12-11(9)18-20(16,17-10)19-12/h1-6H. The molecule has 7 nitrogen and oxygen atoms in total. The summed E-state index contributed by atoms with van der Waals surface area (Å²) in [5, 5.41) is 10.6. The molecule has 2 aliphatic heterocycles. The van der Waals surface area contributed by atoms with Crippen LogP contribution in [-0.2, 0) is 4.57 Å². The van der Waals surface area contributed by atoms with Gasteiger partial charge < -0.3 is 13.6 Å². The van der Waals surface area contributed by atoms with Gasteiger partial charge in [-0.2, -0.15) is 4.57 Å². The first-order chi connectivity index (χ1) is 9.56. The van der Waals surface area contributed by atoms with Crippen LogP contribution in [0.15, 0.2) is 36.4 Å². The van der Waals surface area contributed by atoms with Crippen molar-refractivity contribution < 1.29 is 23.1 Å². The minimum absolute atomic E-state index is 0.000262. The summed E-state index contributed by atoms with van der Waals surface area (Å²) >= 11 is 0. The fraction of sp³-hybridized carbons (Fsp3) is 0. The first-order valence-corrected chi connectivity index (χ1v) is 7.12. The van der Waals surface area contributed by atoms with Crippen molar-refractivity contribution in [3.8, 4) is 28.4 Å². The Morgan fingerprint density at radius 2 is 1.65 bits per heavy atom. The lowest BCUT2D eigenvalue weighted by atomic mass is 10.0. The molecule has 2 aromatic carbocycles. The third-order valence-electron chi connectivity index (χ3n) is 3.08. The van der Waals surface area contributed by atoms with E-state index in [-0.39, 0.29) is 5.69 Å². The smallest absolute Gasteiger partial charge is 0.382 e. The molecule has 0 spiro atoms. The molecule has 8 heteroatoms. The Labute approximate surface area is 112 Å². The lowest BCUT2D eigenvalue weighted by Gasteiger charge is -2.12. The monoisotopic (exact) mass is 291 g/mol. The Morgan fingerprint density at radius 3 is 2.30 bits per heavy atom. The predicted molar refractivity (Wildman–Crippen MR) is 68.0 cm³/mol. The topological polar surface area (TPSA) is 87.9 Å². The SMILES string of the molecule is O=[N+]([O-])c1ccc(-c2ccc3c4c2OP(=O)(O3)O4)cc1. The van der Waals surface area contributed by atoms with Crippen molar-refractivity contribution >= 4 is 13.5 Å². The maximum absolute atomic E-state index is 11.9. The van der Waals surface area contributed by atoms with Crippen LogP contribution in [-0.4, -0.2) is 4.92 Å². The maximum atomic E-state index is 11.9. The van der Waals surface area contributed by atoms with E-state index in [4.69, 9.17) is 13.6 Å². The van der Waals surface area contributed by atoms with Gasteiger partial charge in [-0.15, -0.1) is 0 Å². The second-order valence-corrected chi connectivity index (χ2v) is 5.74. The van der Waals surface area contributed by atoms with Crippen LogP contribution in [0.5, 0.6) is 17.2 Å². The first-order valence-electron chi connectivity index (χ1n) is 5.66. The zero-order valence-corrected chi connectivity index (χ0v) is 10.7. The molecule has 0 N–H and O–H groups in total. The summed E-state index contributed by atoms with van der Waals surface area (Å²) in [4.78, 5) is 10.2. The highest BCUT2D eigenvalue weighted by molar-refractivity contribution is 7.50. The van der Waals surface area contributed by atoms with E-state index in [1.165, 1.54) is 12.1 Å². The number of fused-ring (bicyclic) bond motifs is 1. The second kappa shape index (κ2) is 3.52. The molecule has 0 radical (unpaired) electrons. The number of hydrogen-bond donors (Lipinski definition) is 0. The summed E-state index contributed by atoms with van der Waals surface area (Å²) in [6.45, 7) is 0. The van der Waals surface area contributed by atoms with Gasteiger partial charge in [0, 0.05) is 17.7 Å². The van der Waals surface area contributed by atoms with E-state index in [2.05, 4.69) is 0 Å². The Bertz CT molecular complexity index is 800. The number of benzene rings is 2. The Balaban J connectivity index is 1.84. The van der Waals surface area contributed by atoms with Crippen molar-refractivity contribution in [1.29, 1.82) is 0 Å². The molecule has 0 amide bonds. The van der Waals surface area contributed by atoms with Gasteiger partial charge in [-0.05, 0) is 29.8 Å². The number of phosphoric acid groups is 1. The van der Waals surface area contributed by atoms with Crippen molar-refractivity contribution in [1.82, 2.24) is 0 Å². The lowest BCUT2D eigenvalue weighted by Crippen LogP contribution is -1.98. The van der Waals surface area contributed by atoms with Gasteiger partial charge in [0.2, 0.25) is 5.75 Å². The van der Waals surface area contributed by atoms with Crippen molar-refractivity contribution in [2.75, 3.05) is 0 Å². The highest BCUT2D eigenvalue weighted by Gasteiger charge is 2.50. The van der Waals surface area contributed by atoms with Gasteiger partial charge in [0.15, 0.2) is 11.5 Å². The molecular formula is C12H6NO6P. The number of nitrogens with zero attached hydrogens (tertiary/aromatic N) is 1. The summed E-state index contributed by atoms with van der Waals surface area (Å²) in [6.07, 6.45) is 0. The maximum Gasteiger partial charge on any atom is 0.647 e. The molecular weight excluding hydrogens is 285 g/mol. The highest BCUT2D eigenvalue weighted by atomic mass is 31.2. The lowest BCUT2D eigenvalue weighted by molar-refractivity contribution is -0.384. The fourth-order valence-corrected chi connectivity index (χ4v) is 3.48. The van der Waals surface area contributed by atoms with E-state index in [1.54, 1.807) is 24.3 Å². The number of nitro benzene ring substituents is 1. The van der Waals surface area contributed by atoms with Crippen molar-refractivity contribution in [2.24, 2.45) is 0 Å². The average Bonchev–Trinajstić information content (AvgIpc) is 2.92. The number of rotatable bonds is 2. The van der Waals surface area contributed by atoms with Crippen molar-refractivity contribution in [3.63, 3.8) is 0 Å². The van der Waals surface area contributed by atoms with Gasteiger partial charge in [0.25, 0.3) is 5.69 Å². The van der Waals surface area contributed by atoms with Gasteiger partial charge in [-0.3, -0.25) is 10.1 Å². The van der Waals surface area contributed by atoms with E-state index >= 15 is 0 Å². The van der Waals surface area contributed by atoms with Crippen molar-refractivity contribution in [2.45, 2.75) is 0 Å². The molecule has 2 aliphatic rings. The predicted octanol–water partition coefficient (Wildman–Crippen LogP) is 3.53. The van der Waals surface area contributed by atoms with Gasteiger partial charge >= 0.3 is 7.82 Å². The van der Waals surface area contributed by atoms with E-state index in [9.17, 15) is 14.7 Å². The van der Waals surface area contributed by atoms with Crippen LogP contribution < -0.4 is 13.6 Å². The van der Waals surface area contributed by atoms with Crippen LogP contribution in [0.2, 0.25) is 0 Å². The second-order valence-electron chi connectivity index (χ2n) is 4.29. The molecule has 20 heavy (non-hydrogen) atoms. The Morgan fingerprint density at radius 1 is 0.950 bits per heavy atom. The molecule has 1 atom stereocenters. The molecule has 2 aromatic rings. The average molecular weight is 291 g/mol. The summed E-state index contributed by atoms with van der Waals surface area (Å²) in [7, 11) is -3.53. The molecule has 1 unspecified atom stereocenters. The number of phosphoric ester groups is 1. The van der Waals surface area contributed by atoms with Crippen molar-refractivity contribution in [3.05, 3.63) is 46.5 Å². The van der Waals surface area contributed by atoms with Gasteiger partial charge in [-0.25, -0.2) is 0 Å². The minimum Gasteiger partial charge on any atom is -0.382 e. The number of non-ortho nitro benzene ring substituents is 1. The minimum atomic E-state index is -3.53. The third kappa shape index (κ3) is 1.44. The van der Waals surface area contributed by atoms with E-state index in [0.717, 1.165) is 0 Å². The van der Waals surface area contributed by atoms with Crippen LogP contribution in [0.4, 0.5) is 5.69 Å². The van der Waals surface area contributed by atoms with Crippen LogP contribution in [0.1, 0.15) is 0 Å². The molecule has 4 rings (SSSR count). The molecule has 2 bridgehead atoms. The summed E-state index contributed by atoms with van der Waals surface area (Å²) < 4.78 is 27.3. The summed E-state index contributed by atoms with van der Waals surface area (Å²) in [6, 6.07) is 9.36. The molecule has 0 saturated carbocycles. The van der Waals surface area contributed by atoms with E-state index in [1.807, 2.05) is 0 Å². The summed E-state index contributed by atoms with van der Waals surface area (Å²) in [5.74, 6) is 1.07. The molecule has 0 fully saturated rings. The van der Waals surface area contributed by atoms with Gasteiger partial charge in [-0.1, -0.05) is 0 Å². The molecule has 100 valence electrons. The zero-order chi connectivity index (χ0) is 13.9. The summed E-state index contributed by atoms with van der Waals surface area (Å²) in [5.41, 5.74) is 1.36. The molecule has 0 saturated heterocycles. The Kier molecular flexibility index (Phi) is 1.99. The van der Waals surface area contributed by atoms with Crippen LogP contribution in [0.3, 0.4) is 0 Å². The van der Waals surface area contributed by atoms with E-state index < -0.39 is 12.7 Å². The first kappa shape index (κ1) is 11.3. The van der Waals surface area contributed by atoms with Crippen LogP contribution >= 0.6 is 7.82 Å². The molecule has 2 heterocycles. The normalized spacial score (nSPS) is 21.0. The Hall–Kier alpha value is -2.53. The number of nitro groups is 1. The number of hydrogen-bond acceptors (Lipinski definition) is 6. The van der Waals surface area contributed by atoms with Crippen LogP contribution in [0.25, 0.3) is 11.1 Å². The zero-order valence-electron chi connectivity index (χ0n) is 9.81. The molecule has 0 aliphatic carbocycles. The highest BCUT2D eigenvalue weighted by Crippen LogP contribution is 2.70. The quantitative estimate of drug-likeness (QED) is 0.477.